The van der Waals surface area contributed by atoms with Crippen molar-refractivity contribution in [3.8, 4) is 11.5 Å². The van der Waals surface area contributed by atoms with Crippen molar-refractivity contribution >= 4 is 45.5 Å². The molecule has 0 unspecified atom stereocenters. The molecule has 0 aliphatic carbocycles. The van der Waals surface area contributed by atoms with Gasteiger partial charge in [0.2, 0.25) is 0 Å². The van der Waals surface area contributed by atoms with Gasteiger partial charge in [-0.05, 0) is 104 Å². The Hall–Kier alpha value is -4.81. The molecule has 4 aromatic carbocycles. The van der Waals surface area contributed by atoms with Crippen molar-refractivity contribution in [2.75, 3.05) is 36.9 Å². The van der Waals surface area contributed by atoms with E-state index in [0.29, 0.717) is 35.9 Å². The number of ether oxygens (including phenoxy) is 2. The fraction of sp³-hybridized carbons (Fsp3) is 0.206. The van der Waals surface area contributed by atoms with Crippen molar-refractivity contribution < 1.29 is 27.5 Å². The van der Waals surface area contributed by atoms with E-state index in [-0.39, 0.29) is 17.4 Å². The second-order valence-electron chi connectivity index (χ2n) is 9.85. The molecular formula is C34H36N4O6S2. The minimum absolute atomic E-state index is 0.0578. The lowest BCUT2D eigenvalue weighted by Crippen LogP contribution is -2.39. The van der Waals surface area contributed by atoms with E-state index >= 15 is 0 Å². The van der Waals surface area contributed by atoms with Crippen LogP contribution in [0.15, 0.2) is 118 Å². The molecule has 0 atom stereocenters. The molecule has 240 valence electrons. The van der Waals surface area contributed by atoms with E-state index in [1.165, 1.54) is 30.1 Å². The summed E-state index contributed by atoms with van der Waals surface area (Å²) in [5, 5.41) is 6.83. The van der Waals surface area contributed by atoms with Crippen molar-refractivity contribution in [3.05, 3.63) is 114 Å². The normalized spacial score (nSPS) is 11.2. The van der Waals surface area contributed by atoms with Crippen LogP contribution in [0.3, 0.4) is 0 Å². The van der Waals surface area contributed by atoms with Crippen LogP contribution in [0.5, 0.6) is 11.5 Å². The predicted octanol–water partition coefficient (Wildman–Crippen LogP) is 4.89. The molecular weight excluding hydrogens is 625 g/mol. The lowest BCUT2D eigenvalue weighted by molar-refractivity contribution is -0.123. The van der Waals surface area contributed by atoms with E-state index < -0.39 is 22.5 Å². The number of amides is 2. The molecule has 0 spiro atoms. The van der Waals surface area contributed by atoms with Gasteiger partial charge in [-0.15, -0.1) is 11.8 Å². The molecule has 0 aliphatic rings. The maximum atomic E-state index is 13.6. The van der Waals surface area contributed by atoms with Gasteiger partial charge in [-0.25, -0.2) is 13.8 Å². The van der Waals surface area contributed by atoms with E-state index in [1.807, 2.05) is 43.5 Å². The lowest BCUT2D eigenvalue weighted by Gasteiger charge is -2.24. The molecule has 0 aromatic heterocycles. The number of nitrogens with zero attached hydrogens (tertiary/aromatic N) is 2. The summed E-state index contributed by atoms with van der Waals surface area (Å²) in [7, 11) is -4.08. The second kappa shape index (κ2) is 17.0. The van der Waals surface area contributed by atoms with E-state index in [2.05, 4.69) is 15.8 Å². The molecule has 0 heterocycles. The van der Waals surface area contributed by atoms with Crippen molar-refractivity contribution in [1.29, 1.82) is 0 Å². The highest BCUT2D eigenvalue weighted by atomic mass is 32.2. The average Bonchev–Trinajstić information content (AvgIpc) is 3.08. The van der Waals surface area contributed by atoms with E-state index in [1.54, 1.807) is 60.7 Å². The molecule has 0 fully saturated rings. The predicted molar refractivity (Wildman–Crippen MR) is 181 cm³/mol. The van der Waals surface area contributed by atoms with Gasteiger partial charge in [0.05, 0.1) is 23.4 Å². The van der Waals surface area contributed by atoms with Crippen molar-refractivity contribution in [1.82, 2.24) is 10.7 Å². The first-order chi connectivity index (χ1) is 22.3. The SMILES string of the molecule is CCOc1ccc(N(CC(=O)N/N=C\c2ccc(OCC(=O)NCCc3ccccc3)cc2)S(=O)(=O)c2ccc(SC)cc2)cc1. The number of carbonyl (C=O) groups excluding carboxylic acids is 2. The van der Waals surface area contributed by atoms with Gasteiger partial charge in [-0.2, -0.15) is 5.10 Å². The number of sulfonamides is 1. The Morgan fingerprint density at radius 1 is 0.848 bits per heavy atom. The summed E-state index contributed by atoms with van der Waals surface area (Å²) in [5.41, 5.74) is 4.51. The minimum Gasteiger partial charge on any atom is -0.494 e. The quantitative estimate of drug-likeness (QED) is 0.0996. The summed E-state index contributed by atoms with van der Waals surface area (Å²) < 4.78 is 39.4. The molecule has 2 amide bonds. The highest BCUT2D eigenvalue weighted by Crippen LogP contribution is 2.27. The molecule has 0 saturated carbocycles. The average molecular weight is 661 g/mol. The van der Waals surface area contributed by atoms with Gasteiger partial charge in [0.25, 0.3) is 21.8 Å². The third-order valence-electron chi connectivity index (χ3n) is 6.60. The number of nitrogens with one attached hydrogen (secondary N) is 2. The first-order valence-electron chi connectivity index (χ1n) is 14.5. The fourth-order valence-electron chi connectivity index (χ4n) is 4.25. The van der Waals surface area contributed by atoms with Gasteiger partial charge >= 0.3 is 0 Å². The number of thioether (sulfide) groups is 1. The Bertz CT molecular complexity index is 1700. The third kappa shape index (κ3) is 10.1. The first-order valence-corrected chi connectivity index (χ1v) is 17.2. The van der Waals surface area contributed by atoms with Gasteiger partial charge in [0, 0.05) is 11.4 Å². The molecule has 2 N–H and O–H groups in total. The maximum absolute atomic E-state index is 13.6. The number of carbonyl (C=O) groups is 2. The van der Waals surface area contributed by atoms with Crippen LogP contribution in [0.1, 0.15) is 18.1 Å². The number of hydrogen-bond acceptors (Lipinski definition) is 8. The van der Waals surface area contributed by atoms with Crippen molar-refractivity contribution in [2.45, 2.75) is 23.1 Å². The van der Waals surface area contributed by atoms with Gasteiger partial charge < -0.3 is 14.8 Å². The number of benzene rings is 4. The van der Waals surface area contributed by atoms with Gasteiger partial charge in [0.15, 0.2) is 6.61 Å². The Morgan fingerprint density at radius 2 is 1.50 bits per heavy atom. The Kier molecular flexibility index (Phi) is 12.6. The van der Waals surface area contributed by atoms with Crippen LogP contribution < -0.4 is 24.5 Å². The molecule has 10 nitrogen and oxygen atoms in total. The van der Waals surface area contributed by atoms with Gasteiger partial charge in [-0.3, -0.25) is 13.9 Å². The molecule has 12 heteroatoms. The summed E-state index contributed by atoms with van der Waals surface area (Å²) in [6.07, 6.45) is 4.06. The van der Waals surface area contributed by atoms with Crippen LogP contribution >= 0.6 is 11.8 Å². The molecule has 4 rings (SSSR count). The highest BCUT2D eigenvalue weighted by molar-refractivity contribution is 7.98. The zero-order valence-electron chi connectivity index (χ0n) is 25.6. The Balaban J connectivity index is 1.32. The number of hydrazone groups is 1. The van der Waals surface area contributed by atoms with Crippen LogP contribution in [0.25, 0.3) is 0 Å². The standard InChI is InChI=1S/C34H36N4O6S2/c1-3-43-29-15-11-28(12-16-29)38(46(41,42)32-19-17-31(45-2)18-20-32)24-33(39)37-36-23-27-9-13-30(14-10-27)44-25-34(40)35-22-21-26-7-5-4-6-8-26/h4-20,23H,3,21-22,24-25H2,1-2H3,(H,35,40)(H,37,39)/b36-23-. The monoisotopic (exact) mass is 660 g/mol. The molecule has 0 saturated heterocycles. The largest absolute Gasteiger partial charge is 0.494 e. The first kappa shape index (κ1) is 34.1. The van der Waals surface area contributed by atoms with Crippen LogP contribution in [-0.4, -0.2) is 59.0 Å². The highest BCUT2D eigenvalue weighted by Gasteiger charge is 2.27. The molecule has 0 aliphatic heterocycles. The van der Waals surface area contributed by atoms with Crippen LogP contribution in [-0.2, 0) is 26.0 Å². The summed E-state index contributed by atoms with van der Waals surface area (Å²) in [6, 6.07) is 29.6. The third-order valence-corrected chi connectivity index (χ3v) is 9.13. The Morgan fingerprint density at radius 3 is 2.15 bits per heavy atom. The number of hydrogen-bond donors (Lipinski definition) is 2. The molecule has 46 heavy (non-hydrogen) atoms. The van der Waals surface area contributed by atoms with Gasteiger partial charge in [-0.1, -0.05) is 30.3 Å². The van der Waals surface area contributed by atoms with E-state index in [9.17, 15) is 18.0 Å². The van der Waals surface area contributed by atoms with Crippen LogP contribution in [0.2, 0.25) is 0 Å². The lowest BCUT2D eigenvalue weighted by atomic mass is 10.1. The maximum Gasteiger partial charge on any atom is 0.264 e. The smallest absolute Gasteiger partial charge is 0.264 e. The van der Waals surface area contributed by atoms with Crippen molar-refractivity contribution in [2.24, 2.45) is 5.10 Å². The van der Waals surface area contributed by atoms with Crippen LogP contribution in [0, 0.1) is 0 Å². The number of anilines is 1. The topological polar surface area (TPSA) is 126 Å². The summed E-state index contributed by atoms with van der Waals surface area (Å²) in [4.78, 5) is 26.0. The zero-order chi connectivity index (χ0) is 32.8. The summed E-state index contributed by atoms with van der Waals surface area (Å²) in [6.45, 7) is 2.21. The van der Waals surface area contributed by atoms with Crippen LogP contribution in [0.4, 0.5) is 5.69 Å². The van der Waals surface area contributed by atoms with E-state index in [4.69, 9.17) is 9.47 Å². The second-order valence-corrected chi connectivity index (χ2v) is 12.6. The van der Waals surface area contributed by atoms with Crippen molar-refractivity contribution in [3.63, 3.8) is 0 Å². The summed E-state index contributed by atoms with van der Waals surface area (Å²) in [5.74, 6) is 0.233. The summed E-state index contributed by atoms with van der Waals surface area (Å²) >= 11 is 1.50. The zero-order valence-corrected chi connectivity index (χ0v) is 27.2. The minimum atomic E-state index is -4.08. The number of rotatable bonds is 16. The fourth-order valence-corrected chi connectivity index (χ4v) is 6.08. The molecule has 4 aromatic rings. The molecule has 0 radical (unpaired) electrons. The van der Waals surface area contributed by atoms with Gasteiger partial charge in [0.1, 0.15) is 18.0 Å². The molecule has 0 bridgehead atoms. The van der Waals surface area contributed by atoms with E-state index in [0.717, 1.165) is 21.2 Å². The Labute approximate surface area is 273 Å².